The fraction of sp³-hybridized carbons (Fsp3) is 0.250. The van der Waals surface area contributed by atoms with Crippen molar-refractivity contribution in [2.24, 2.45) is 0 Å². The predicted molar refractivity (Wildman–Crippen MR) is 58.2 cm³/mol. The average molecular weight is 206 g/mol. The first-order valence-corrected chi connectivity index (χ1v) is 4.66. The molecule has 0 aliphatic carbocycles. The molecule has 0 aliphatic rings. The summed E-state index contributed by atoms with van der Waals surface area (Å²) in [6.07, 6.45) is 2.05. The van der Waals surface area contributed by atoms with Gasteiger partial charge in [0.1, 0.15) is 5.75 Å². The van der Waals surface area contributed by atoms with Crippen LogP contribution in [0.5, 0.6) is 5.75 Å². The highest BCUT2D eigenvalue weighted by molar-refractivity contribution is 5.76. The van der Waals surface area contributed by atoms with Crippen molar-refractivity contribution in [1.29, 1.82) is 0 Å². The van der Waals surface area contributed by atoms with E-state index in [0.717, 1.165) is 11.3 Å². The molecular formula is C12H14O3. The van der Waals surface area contributed by atoms with Crippen molar-refractivity contribution in [1.82, 2.24) is 0 Å². The van der Waals surface area contributed by atoms with Crippen molar-refractivity contribution >= 4 is 5.97 Å². The summed E-state index contributed by atoms with van der Waals surface area (Å²) in [5.74, 6) is -0.630. The van der Waals surface area contributed by atoms with Gasteiger partial charge in [0.25, 0.3) is 0 Å². The van der Waals surface area contributed by atoms with Gasteiger partial charge in [-0.2, -0.15) is 0 Å². The molecule has 1 aromatic rings. The highest BCUT2D eigenvalue weighted by Crippen LogP contribution is 2.22. The molecule has 1 rings (SSSR count). The molecule has 0 unspecified atom stereocenters. The Morgan fingerprint density at radius 3 is 2.53 bits per heavy atom. The first kappa shape index (κ1) is 11.3. The third-order valence-corrected chi connectivity index (χ3v) is 2.22. The quantitative estimate of drug-likeness (QED) is 0.752. The lowest BCUT2D eigenvalue weighted by Crippen LogP contribution is -2.10. The molecular weight excluding hydrogens is 192 g/mol. The zero-order chi connectivity index (χ0) is 11.3. The van der Waals surface area contributed by atoms with Crippen LogP contribution in [0.25, 0.3) is 0 Å². The maximum absolute atomic E-state index is 11.0. The van der Waals surface area contributed by atoms with Gasteiger partial charge in [-0.05, 0) is 24.1 Å². The second-order valence-corrected chi connectivity index (χ2v) is 3.19. The Labute approximate surface area is 89.0 Å². The van der Waals surface area contributed by atoms with Gasteiger partial charge in [0.15, 0.2) is 0 Å². The van der Waals surface area contributed by atoms with Crippen LogP contribution in [0.3, 0.4) is 0 Å². The summed E-state index contributed by atoms with van der Waals surface area (Å²) in [5.41, 5.74) is 0.767. The molecule has 80 valence electrons. The van der Waals surface area contributed by atoms with E-state index in [4.69, 9.17) is 9.84 Å². The average Bonchev–Trinajstić information content (AvgIpc) is 2.26. The van der Waals surface area contributed by atoms with Crippen molar-refractivity contribution < 1.29 is 14.6 Å². The maximum Gasteiger partial charge on any atom is 0.311 e. The largest absolute Gasteiger partial charge is 0.497 e. The minimum atomic E-state index is -0.833. The van der Waals surface area contributed by atoms with Gasteiger partial charge in [0.2, 0.25) is 0 Å². The van der Waals surface area contributed by atoms with E-state index in [1.54, 1.807) is 37.5 Å². The van der Waals surface area contributed by atoms with Crippen LogP contribution < -0.4 is 4.74 Å². The van der Waals surface area contributed by atoms with Gasteiger partial charge in [-0.1, -0.05) is 18.2 Å². The topological polar surface area (TPSA) is 46.5 Å². The van der Waals surface area contributed by atoms with Gasteiger partial charge >= 0.3 is 5.97 Å². The van der Waals surface area contributed by atoms with Gasteiger partial charge in [-0.15, -0.1) is 6.58 Å². The van der Waals surface area contributed by atoms with E-state index >= 15 is 0 Å². The normalized spacial score (nSPS) is 11.8. The van der Waals surface area contributed by atoms with Crippen molar-refractivity contribution in [2.75, 3.05) is 7.11 Å². The van der Waals surface area contributed by atoms with E-state index in [1.165, 1.54) is 0 Å². The second kappa shape index (κ2) is 5.20. The molecule has 1 N–H and O–H groups in total. The first-order valence-electron chi connectivity index (χ1n) is 4.66. The summed E-state index contributed by atoms with van der Waals surface area (Å²) in [5, 5.41) is 9.01. The molecule has 3 nitrogen and oxygen atoms in total. The molecule has 0 amide bonds. The smallest absolute Gasteiger partial charge is 0.311 e. The van der Waals surface area contributed by atoms with Crippen molar-refractivity contribution in [2.45, 2.75) is 12.3 Å². The Kier molecular flexibility index (Phi) is 3.92. The SMILES string of the molecule is C=CC[C@@H](C(=O)O)c1ccc(OC)cc1. The standard InChI is InChI=1S/C12H14O3/c1-3-4-11(12(13)14)9-5-7-10(15-2)8-6-9/h3,5-8,11H,1,4H2,2H3,(H,13,14)/t11-/m1/s1. The lowest BCUT2D eigenvalue weighted by Gasteiger charge is -2.10. The minimum Gasteiger partial charge on any atom is -0.497 e. The molecule has 0 heterocycles. The zero-order valence-electron chi connectivity index (χ0n) is 8.64. The van der Waals surface area contributed by atoms with Crippen LogP contribution >= 0.6 is 0 Å². The lowest BCUT2D eigenvalue weighted by molar-refractivity contribution is -0.138. The van der Waals surface area contributed by atoms with Crippen LogP contribution in [-0.4, -0.2) is 18.2 Å². The third kappa shape index (κ3) is 2.84. The van der Waals surface area contributed by atoms with Gasteiger partial charge in [-0.3, -0.25) is 4.79 Å². The number of carbonyl (C=O) groups is 1. The summed E-state index contributed by atoms with van der Waals surface area (Å²) in [7, 11) is 1.58. The predicted octanol–water partition coefficient (Wildman–Crippen LogP) is 2.44. The number of rotatable bonds is 5. The van der Waals surface area contributed by atoms with Gasteiger partial charge in [-0.25, -0.2) is 0 Å². The highest BCUT2D eigenvalue weighted by Gasteiger charge is 2.17. The van der Waals surface area contributed by atoms with Crippen LogP contribution in [-0.2, 0) is 4.79 Å². The summed E-state index contributed by atoms with van der Waals surface area (Å²) in [6.45, 7) is 3.55. The molecule has 3 heteroatoms. The summed E-state index contributed by atoms with van der Waals surface area (Å²) in [4.78, 5) is 11.0. The van der Waals surface area contributed by atoms with E-state index in [2.05, 4.69) is 6.58 Å². The number of allylic oxidation sites excluding steroid dienone is 1. The highest BCUT2D eigenvalue weighted by atomic mass is 16.5. The molecule has 0 radical (unpaired) electrons. The monoisotopic (exact) mass is 206 g/mol. The second-order valence-electron chi connectivity index (χ2n) is 3.19. The molecule has 0 bridgehead atoms. The van der Waals surface area contributed by atoms with Crippen molar-refractivity contribution in [3.63, 3.8) is 0 Å². The number of hydrogen-bond acceptors (Lipinski definition) is 2. The number of ether oxygens (including phenoxy) is 1. The van der Waals surface area contributed by atoms with Gasteiger partial charge in [0.05, 0.1) is 13.0 Å². The summed E-state index contributed by atoms with van der Waals surface area (Å²) < 4.78 is 5.00. The molecule has 0 aliphatic heterocycles. The minimum absolute atomic E-state index is 0.432. The van der Waals surface area contributed by atoms with E-state index in [-0.39, 0.29) is 0 Å². The molecule has 1 atom stereocenters. The third-order valence-electron chi connectivity index (χ3n) is 2.22. The molecule has 0 spiro atoms. The Morgan fingerprint density at radius 2 is 2.13 bits per heavy atom. The maximum atomic E-state index is 11.0. The Hall–Kier alpha value is -1.77. The van der Waals surface area contributed by atoms with Gasteiger partial charge < -0.3 is 9.84 Å². The zero-order valence-corrected chi connectivity index (χ0v) is 8.64. The van der Waals surface area contributed by atoms with Crippen LogP contribution in [0.15, 0.2) is 36.9 Å². The number of benzene rings is 1. The summed E-state index contributed by atoms with van der Waals surface area (Å²) in [6, 6.07) is 7.05. The Bertz CT molecular complexity index is 340. The van der Waals surface area contributed by atoms with Crippen molar-refractivity contribution in [3.05, 3.63) is 42.5 Å². The van der Waals surface area contributed by atoms with E-state index in [1.807, 2.05) is 0 Å². The number of hydrogen-bond donors (Lipinski definition) is 1. The van der Waals surface area contributed by atoms with E-state index < -0.39 is 11.9 Å². The molecule has 0 saturated carbocycles. The van der Waals surface area contributed by atoms with E-state index in [9.17, 15) is 4.79 Å². The molecule has 1 aromatic carbocycles. The molecule has 0 saturated heterocycles. The number of aliphatic carboxylic acids is 1. The molecule has 0 aromatic heterocycles. The number of methoxy groups -OCH3 is 1. The Morgan fingerprint density at radius 1 is 1.53 bits per heavy atom. The summed E-state index contributed by atoms with van der Waals surface area (Å²) >= 11 is 0. The van der Waals surface area contributed by atoms with Crippen LogP contribution in [0.1, 0.15) is 17.9 Å². The van der Waals surface area contributed by atoms with Gasteiger partial charge in [0, 0.05) is 0 Å². The number of carboxylic acid groups (broad SMARTS) is 1. The molecule has 0 fully saturated rings. The number of carboxylic acids is 1. The molecule has 15 heavy (non-hydrogen) atoms. The van der Waals surface area contributed by atoms with Crippen LogP contribution in [0, 0.1) is 0 Å². The first-order chi connectivity index (χ1) is 7.19. The lowest BCUT2D eigenvalue weighted by atomic mass is 9.96. The fourth-order valence-electron chi connectivity index (χ4n) is 1.38. The van der Waals surface area contributed by atoms with Crippen molar-refractivity contribution in [3.8, 4) is 5.75 Å². The Balaban J connectivity index is 2.91. The fourth-order valence-corrected chi connectivity index (χ4v) is 1.38. The van der Waals surface area contributed by atoms with Crippen LogP contribution in [0.4, 0.5) is 0 Å². The van der Waals surface area contributed by atoms with Crippen LogP contribution in [0.2, 0.25) is 0 Å². The van der Waals surface area contributed by atoms with E-state index in [0.29, 0.717) is 6.42 Å².